The van der Waals surface area contributed by atoms with Crippen LogP contribution in [0.3, 0.4) is 0 Å². The van der Waals surface area contributed by atoms with Crippen molar-refractivity contribution < 1.29 is 0 Å². The molecule has 1 aliphatic carbocycles. The smallest absolute Gasteiger partial charge is 0.0828 e. The molecule has 3 heteroatoms. The Kier molecular flexibility index (Phi) is 3.05. The van der Waals surface area contributed by atoms with Gasteiger partial charge in [-0.05, 0) is 44.2 Å². The summed E-state index contributed by atoms with van der Waals surface area (Å²) >= 11 is 0. The number of nitrogens with zero attached hydrogens (tertiary/aromatic N) is 2. The first-order valence-corrected chi connectivity index (χ1v) is 7.01. The largest absolute Gasteiger partial charge is 0.375 e. The summed E-state index contributed by atoms with van der Waals surface area (Å²) in [6, 6.07) is 9.22. The zero-order chi connectivity index (χ0) is 13.4. The van der Waals surface area contributed by atoms with Crippen LogP contribution in [0.1, 0.15) is 41.4 Å². The molecule has 1 aromatic heterocycles. The molecular weight excluding hydrogens is 234 g/mol. The highest BCUT2D eigenvalue weighted by molar-refractivity contribution is 5.54. The van der Waals surface area contributed by atoms with Crippen molar-refractivity contribution in [1.29, 1.82) is 0 Å². The Morgan fingerprint density at radius 2 is 2.05 bits per heavy atom. The highest BCUT2D eigenvalue weighted by Gasteiger charge is 2.21. The third-order valence-electron chi connectivity index (χ3n) is 4.20. The molecule has 3 nitrogen and oxygen atoms in total. The molecule has 0 saturated heterocycles. The van der Waals surface area contributed by atoms with Gasteiger partial charge in [-0.3, -0.25) is 4.68 Å². The fourth-order valence-electron chi connectivity index (χ4n) is 3.06. The molecule has 0 fully saturated rings. The van der Waals surface area contributed by atoms with Crippen molar-refractivity contribution in [2.75, 3.05) is 5.32 Å². The van der Waals surface area contributed by atoms with E-state index in [0.29, 0.717) is 6.04 Å². The van der Waals surface area contributed by atoms with Gasteiger partial charge in [-0.25, -0.2) is 0 Å². The average molecular weight is 255 g/mol. The lowest BCUT2D eigenvalue weighted by molar-refractivity contribution is 0.599. The predicted molar refractivity (Wildman–Crippen MR) is 78.4 cm³/mol. The van der Waals surface area contributed by atoms with E-state index in [4.69, 9.17) is 0 Å². The fraction of sp³-hybridized carbons (Fsp3) is 0.438. The zero-order valence-electron chi connectivity index (χ0n) is 11.9. The van der Waals surface area contributed by atoms with E-state index in [-0.39, 0.29) is 0 Å². The second kappa shape index (κ2) is 4.72. The minimum atomic E-state index is 0.423. The van der Waals surface area contributed by atoms with Crippen LogP contribution in [0.25, 0.3) is 0 Å². The maximum Gasteiger partial charge on any atom is 0.0828 e. The van der Waals surface area contributed by atoms with Gasteiger partial charge in [-0.1, -0.05) is 24.3 Å². The number of nitrogens with one attached hydrogen (secondary N) is 1. The summed E-state index contributed by atoms with van der Waals surface area (Å²) in [5.41, 5.74) is 6.44. The van der Waals surface area contributed by atoms with Gasteiger partial charge in [0.25, 0.3) is 0 Å². The molecule has 1 heterocycles. The van der Waals surface area contributed by atoms with Crippen LogP contribution in [-0.4, -0.2) is 9.78 Å². The highest BCUT2D eigenvalue weighted by Crippen LogP contribution is 2.33. The van der Waals surface area contributed by atoms with Crippen LogP contribution in [0.2, 0.25) is 0 Å². The van der Waals surface area contributed by atoms with E-state index in [1.807, 2.05) is 11.7 Å². The maximum atomic E-state index is 4.49. The van der Waals surface area contributed by atoms with Crippen molar-refractivity contribution in [3.63, 3.8) is 0 Å². The Balaban J connectivity index is 1.93. The topological polar surface area (TPSA) is 29.9 Å². The summed E-state index contributed by atoms with van der Waals surface area (Å²) in [7, 11) is 2.00. The van der Waals surface area contributed by atoms with Crippen molar-refractivity contribution >= 4 is 5.69 Å². The van der Waals surface area contributed by atoms with Crippen molar-refractivity contribution in [3.05, 3.63) is 46.8 Å². The van der Waals surface area contributed by atoms with Crippen LogP contribution < -0.4 is 5.32 Å². The molecule has 0 amide bonds. The van der Waals surface area contributed by atoms with Crippen LogP contribution in [0.4, 0.5) is 5.69 Å². The first kappa shape index (κ1) is 12.3. The molecule has 0 aliphatic heterocycles. The van der Waals surface area contributed by atoms with Gasteiger partial charge < -0.3 is 5.32 Å². The Hall–Kier alpha value is -1.77. The van der Waals surface area contributed by atoms with Gasteiger partial charge in [0.15, 0.2) is 0 Å². The number of aryl methyl sites for hydroxylation is 3. The standard InChI is InChI=1S/C16H21N3/c1-11-16(12(2)19(3)18-11)17-15-10-6-8-13-7-4-5-9-14(13)15/h4-5,7,9,15,17H,6,8,10H2,1-3H3. The van der Waals surface area contributed by atoms with Crippen LogP contribution in [0, 0.1) is 13.8 Å². The lowest BCUT2D eigenvalue weighted by Crippen LogP contribution is -2.17. The van der Waals surface area contributed by atoms with E-state index in [1.54, 1.807) is 0 Å². The van der Waals surface area contributed by atoms with E-state index in [1.165, 1.54) is 41.8 Å². The van der Waals surface area contributed by atoms with E-state index < -0.39 is 0 Å². The summed E-state index contributed by atoms with van der Waals surface area (Å²) in [6.07, 6.45) is 3.66. The third kappa shape index (κ3) is 2.14. The Labute approximate surface area is 114 Å². The normalized spacial score (nSPS) is 18.2. The predicted octanol–water partition coefficient (Wildman–Crippen LogP) is 3.53. The Morgan fingerprint density at radius 3 is 2.79 bits per heavy atom. The number of rotatable bonds is 2. The number of hydrogen-bond acceptors (Lipinski definition) is 2. The monoisotopic (exact) mass is 255 g/mol. The number of hydrogen-bond donors (Lipinski definition) is 1. The quantitative estimate of drug-likeness (QED) is 0.889. The summed E-state index contributed by atoms with van der Waals surface area (Å²) in [4.78, 5) is 0. The molecule has 100 valence electrons. The van der Waals surface area contributed by atoms with Crippen LogP contribution in [-0.2, 0) is 13.5 Å². The maximum absolute atomic E-state index is 4.49. The molecule has 1 atom stereocenters. The molecule has 0 spiro atoms. The van der Waals surface area contributed by atoms with Crippen molar-refractivity contribution in [3.8, 4) is 0 Å². The average Bonchev–Trinajstić information content (AvgIpc) is 2.66. The lowest BCUT2D eigenvalue weighted by Gasteiger charge is -2.27. The summed E-state index contributed by atoms with van der Waals surface area (Å²) in [5.74, 6) is 0. The summed E-state index contributed by atoms with van der Waals surface area (Å²) in [6.45, 7) is 4.20. The first-order valence-electron chi connectivity index (χ1n) is 7.01. The summed E-state index contributed by atoms with van der Waals surface area (Å²) < 4.78 is 1.95. The zero-order valence-corrected chi connectivity index (χ0v) is 11.9. The molecule has 0 saturated carbocycles. The van der Waals surface area contributed by atoms with E-state index >= 15 is 0 Å². The molecule has 1 aromatic carbocycles. The van der Waals surface area contributed by atoms with Gasteiger partial charge in [0.05, 0.1) is 23.1 Å². The fourth-order valence-corrected chi connectivity index (χ4v) is 3.06. The molecule has 1 unspecified atom stereocenters. The molecule has 3 rings (SSSR count). The molecule has 1 aliphatic rings. The highest BCUT2D eigenvalue weighted by atomic mass is 15.3. The van der Waals surface area contributed by atoms with Gasteiger partial charge in [-0.2, -0.15) is 5.10 Å². The van der Waals surface area contributed by atoms with Gasteiger partial charge >= 0.3 is 0 Å². The van der Waals surface area contributed by atoms with Gasteiger partial charge in [0.2, 0.25) is 0 Å². The van der Waals surface area contributed by atoms with Crippen molar-refractivity contribution in [2.45, 2.75) is 39.2 Å². The van der Waals surface area contributed by atoms with Crippen LogP contribution in [0.5, 0.6) is 0 Å². The second-order valence-corrected chi connectivity index (χ2v) is 5.46. The molecule has 1 N–H and O–H groups in total. The molecule has 0 radical (unpaired) electrons. The van der Waals surface area contributed by atoms with Crippen LogP contribution in [0.15, 0.2) is 24.3 Å². The van der Waals surface area contributed by atoms with E-state index in [9.17, 15) is 0 Å². The van der Waals surface area contributed by atoms with E-state index in [2.05, 4.69) is 48.5 Å². The van der Waals surface area contributed by atoms with Crippen molar-refractivity contribution in [2.24, 2.45) is 7.05 Å². The minimum Gasteiger partial charge on any atom is -0.375 e. The third-order valence-corrected chi connectivity index (χ3v) is 4.20. The van der Waals surface area contributed by atoms with Crippen molar-refractivity contribution in [1.82, 2.24) is 9.78 Å². The number of benzene rings is 1. The lowest BCUT2D eigenvalue weighted by atomic mass is 9.87. The first-order chi connectivity index (χ1) is 9.16. The van der Waals surface area contributed by atoms with E-state index in [0.717, 1.165) is 5.69 Å². The Bertz CT molecular complexity index is 598. The van der Waals surface area contributed by atoms with Crippen LogP contribution >= 0.6 is 0 Å². The Morgan fingerprint density at radius 1 is 1.26 bits per heavy atom. The SMILES string of the molecule is Cc1nn(C)c(C)c1NC1CCCc2ccccc21. The minimum absolute atomic E-state index is 0.423. The molecular formula is C16H21N3. The van der Waals surface area contributed by atoms with Gasteiger partial charge in [0, 0.05) is 7.05 Å². The second-order valence-electron chi connectivity index (χ2n) is 5.46. The molecule has 19 heavy (non-hydrogen) atoms. The van der Waals surface area contributed by atoms with Gasteiger partial charge in [0.1, 0.15) is 0 Å². The number of fused-ring (bicyclic) bond motifs is 1. The molecule has 2 aromatic rings. The number of aromatic nitrogens is 2. The molecule has 0 bridgehead atoms. The number of anilines is 1. The van der Waals surface area contributed by atoms with Gasteiger partial charge in [-0.15, -0.1) is 0 Å². The summed E-state index contributed by atoms with van der Waals surface area (Å²) in [5, 5.41) is 8.20.